The van der Waals surface area contributed by atoms with Gasteiger partial charge in [0.25, 0.3) is 5.91 Å². The van der Waals surface area contributed by atoms with Crippen molar-refractivity contribution in [2.45, 2.75) is 12.8 Å². The first kappa shape index (κ1) is 15.3. The highest BCUT2D eigenvalue weighted by Crippen LogP contribution is 2.25. The van der Waals surface area contributed by atoms with E-state index in [1.807, 2.05) is 0 Å². The number of carbonyl (C=O) groups is 2. The van der Waals surface area contributed by atoms with Gasteiger partial charge in [0.1, 0.15) is 0 Å². The molecule has 4 nitrogen and oxygen atoms in total. The number of hydrogen-bond acceptors (Lipinski definition) is 2. The van der Waals surface area contributed by atoms with Crippen LogP contribution in [0, 0.1) is 5.92 Å². The fourth-order valence-corrected chi connectivity index (χ4v) is 2.89. The molecule has 1 N–H and O–H groups in total. The van der Waals surface area contributed by atoms with Crippen LogP contribution in [-0.2, 0) is 4.79 Å². The molecule has 6 heteroatoms. The molecule has 0 bridgehead atoms. The zero-order valence-electron chi connectivity index (χ0n) is 11.2. The third-order valence-electron chi connectivity index (χ3n) is 3.49. The van der Waals surface area contributed by atoms with Crippen LogP contribution in [0.15, 0.2) is 22.7 Å². The minimum Gasteiger partial charge on any atom is -0.359 e. The van der Waals surface area contributed by atoms with E-state index in [-0.39, 0.29) is 17.7 Å². The number of nitrogens with one attached hydrogen (secondary N) is 1. The van der Waals surface area contributed by atoms with Crippen molar-refractivity contribution >= 4 is 39.3 Å². The highest BCUT2D eigenvalue weighted by molar-refractivity contribution is 9.10. The quantitative estimate of drug-likeness (QED) is 0.882. The molecule has 2 amide bonds. The summed E-state index contributed by atoms with van der Waals surface area (Å²) in [5.74, 6) is -0.177. The summed E-state index contributed by atoms with van der Waals surface area (Å²) in [4.78, 5) is 25.9. The summed E-state index contributed by atoms with van der Waals surface area (Å²) in [6.45, 7) is 1.16. The predicted molar refractivity (Wildman–Crippen MR) is 81.8 cm³/mol. The first-order valence-electron chi connectivity index (χ1n) is 6.49. The van der Waals surface area contributed by atoms with E-state index in [1.54, 1.807) is 30.1 Å². The van der Waals surface area contributed by atoms with Crippen molar-refractivity contribution in [1.82, 2.24) is 10.2 Å². The minimum atomic E-state index is -0.117. The topological polar surface area (TPSA) is 49.4 Å². The second-order valence-electron chi connectivity index (χ2n) is 4.83. The summed E-state index contributed by atoms with van der Waals surface area (Å²) >= 11 is 9.25. The molecule has 1 unspecified atom stereocenters. The van der Waals surface area contributed by atoms with Crippen LogP contribution in [0.2, 0.25) is 5.02 Å². The highest BCUT2D eigenvalue weighted by atomic mass is 79.9. The molecule has 0 spiro atoms. The summed E-state index contributed by atoms with van der Waals surface area (Å²) < 4.78 is 0.699. The first-order chi connectivity index (χ1) is 9.52. The SMILES string of the molecule is CNC(=O)C1CCCN(C(=O)c2ccc(Cl)c(Br)c2)C1. The fourth-order valence-electron chi connectivity index (χ4n) is 2.39. The smallest absolute Gasteiger partial charge is 0.253 e. The molecule has 1 aromatic carbocycles. The third kappa shape index (κ3) is 3.33. The standard InChI is InChI=1S/C14H16BrClN2O2/c1-17-13(19)10-3-2-6-18(8-10)14(20)9-4-5-12(16)11(15)7-9/h4-5,7,10H,2-3,6,8H2,1H3,(H,17,19). The van der Waals surface area contributed by atoms with Gasteiger partial charge in [-0.15, -0.1) is 0 Å². The molecule has 1 heterocycles. The van der Waals surface area contributed by atoms with Crippen LogP contribution >= 0.6 is 27.5 Å². The normalized spacial score (nSPS) is 18.8. The second kappa shape index (κ2) is 6.59. The molecule has 1 fully saturated rings. The Morgan fingerprint density at radius 2 is 2.20 bits per heavy atom. The van der Waals surface area contributed by atoms with E-state index in [0.29, 0.717) is 28.1 Å². The van der Waals surface area contributed by atoms with Gasteiger partial charge < -0.3 is 10.2 Å². The Kier molecular flexibility index (Phi) is 5.05. The van der Waals surface area contributed by atoms with Crippen molar-refractivity contribution in [3.05, 3.63) is 33.3 Å². The zero-order valence-corrected chi connectivity index (χ0v) is 13.5. The lowest BCUT2D eigenvalue weighted by atomic mass is 9.96. The van der Waals surface area contributed by atoms with Crippen molar-refractivity contribution in [1.29, 1.82) is 0 Å². The number of rotatable bonds is 2. The Morgan fingerprint density at radius 1 is 1.45 bits per heavy atom. The third-order valence-corrected chi connectivity index (χ3v) is 4.71. The zero-order chi connectivity index (χ0) is 14.7. The summed E-state index contributed by atoms with van der Waals surface area (Å²) in [5.41, 5.74) is 0.582. The highest BCUT2D eigenvalue weighted by Gasteiger charge is 2.28. The maximum absolute atomic E-state index is 12.5. The summed E-state index contributed by atoms with van der Waals surface area (Å²) in [7, 11) is 1.62. The average molecular weight is 360 g/mol. The molecule has 2 rings (SSSR count). The van der Waals surface area contributed by atoms with Gasteiger partial charge in [0.05, 0.1) is 10.9 Å². The van der Waals surface area contributed by atoms with Gasteiger partial charge in [0, 0.05) is 30.2 Å². The van der Waals surface area contributed by atoms with E-state index in [2.05, 4.69) is 21.2 Å². The number of halogens is 2. The Balaban J connectivity index is 2.12. The van der Waals surface area contributed by atoms with Gasteiger partial charge in [-0.3, -0.25) is 9.59 Å². The molecule has 0 saturated carbocycles. The maximum Gasteiger partial charge on any atom is 0.253 e. The molecule has 1 saturated heterocycles. The van der Waals surface area contributed by atoms with Crippen LogP contribution < -0.4 is 5.32 Å². The molecule has 20 heavy (non-hydrogen) atoms. The molecule has 0 aromatic heterocycles. The molecule has 1 aliphatic heterocycles. The lowest BCUT2D eigenvalue weighted by Crippen LogP contribution is -2.44. The van der Waals surface area contributed by atoms with Crippen LogP contribution in [0.5, 0.6) is 0 Å². The van der Waals surface area contributed by atoms with Crippen LogP contribution in [0.4, 0.5) is 0 Å². The lowest BCUT2D eigenvalue weighted by Gasteiger charge is -2.32. The Hall–Kier alpha value is -1.07. The van der Waals surface area contributed by atoms with E-state index in [1.165, 1.54) is 0 Å². The van der Waals surface area contributed by atoms with Gasteiger partial charge in [0.15, 0.2) is 0 Å². The van der Waals surface area contributed by atoms with Crippen LogP contribution in [-0.4, -0.2) is 36.9 Å². The van der Waals surface area contributed by atoms with E-state index >= 15 is 0 Å². The summed E-state index contributed by atoms with van der Waals surface area (Å²) in [5, 5.41) is 3.22. The number of nitrogens with zero attached hydrogens (tertiary/aromatic N) is 1. The largest absolute Gasteiger partial charge is 0.359 e. The number of piperidine rings is 1. The Bertz CT molecular complexity index is 536. The van der Waals surface area contributed by atoms with Crippen LogP contribution in [0.3, 0.4) is 0 Å². The van der Waals surface area contributed by atoms with Crippen LogP contribution in [0.1, 0.15) is 23.2 Å². The second-order valence-corrected chi connectivity index (χ2v) is 6.09. The molecule has 0 radical (unpaired) electrons. The predicted octanol–water partition coefficient (Wildman–Crippen LogP) is 2.70. The Morgan fingerprint density at radius 3 is 2.85 bits per heavy atom. The maximum atomic E-state index is 12.5. The van der Waals surface area contributed by atoms with Gasteiger partial charge in [0.2, 0.25) is 5.91 Å². The van der Waals surface area contributed by atoms with E-state index in [4.69, 9.17) is 11.6 Å². The molecule has 108 valence electrons. The summed E-state index contributed by atoms with van der Waals surface area (Å²) in [6, 6.07) is 5.12. The van der Waals surface area contributed by atoms with Gasteiger partial charge in [-0.1, -0.05) is 11.6 Å². The number of benzene rings is 1. The number of likely N-dealkylation sites (tertiary alicyclic amines) is 1. The average Bonchev–Trinajstić information content (AvgIpc) is 2.48. The van der Waals surface area contributed by atoms with Crippen molar-refractivity contribution in [2.24, 2.45) is 5.92 Å². The lowest BCUT2D eigenvalue weighted by molar-refractivity contribution is -0.125. The number of amides is 2. The Labute approximate surface area is 131 Å². The van der Waals surface area contributed by atoms with E-state index in [0.717, 1.165) is 12.8 Å². The van der Waals surface area contributed by atoms with Gasteiger partial charge >= 0.3 is 0 Å². The van der Waals surface area contributed by atoms with Crippen molar-refractivity contribution in [3.8, 4) is 0 Å². The van der Waals surface area contributed by atoms with Crippen molar-refractivity contribution in [2.75, 3.05) is 20.1 Å². The number of carbonyl (C=O) groups excluding carboxylic acids is 2. The molecular formula is C14H16BrClN2O2. The van der Waals surface area contributed by atoms with Gasteiger partial charge in [-0.2, -0.15) is 0 Å². The van der Waals surface area contributed by atoms with E-state index < -0.39 is 0 Å². The van der Waals surface area contributed by atoms with Crippen molar-refractivity contribution < 1.29 is 9.59 Å². The van der Waals surface area contributed by atoms with Crippen molar-refractivity contribution in [3.63, 3.8) is 0 Å². The molecule has 1 atom stereocenters. The van der Waals surface area contributed by atoms with E-state index in [9.17, 15) is 9.59 Å². The monoisotopic (exact) mass is 358 g/mol. The van der Waals surface area contributed by atoms with Crippen LogP contribution in [0.25, 0.3) is 0 Å². The van der Waals surface area contributed by atoms with Gasteiger partial charge in [-0.05, 0) is 47.0 Å². The van der Waals surface area contributed by atoms with Gasteiger partial charge in [-0.25, -0.2) is 0 Å². The fraction of sp³-hybridized carbons (Fsp3) is 0.429. The molecule has 1 aliphatic rings. The summed E-state index contributed by atoms with van der Waals surface area (Å²) in [6.07, 6.45) is 1.67. The first-order valence-corrected chi connectivity index (χ1v) is 7.66. The minimum absolute atomic E-state index is 0.000198. The molecule has 0 aliphatic carbocycles. The number of hydrogen-bond donors (Lipinski definition) is 1. The molecule has 1 aromatic rings. The molecular weight excluding hydrogens is 344 g/mol.